The topological polar surface area (TPSA) is 46.6 Å². The van der Waals surface area contributed by atoms with Crippen molar-refractivity contribution >= 4 is 11.9 Å². The lowest BCUT2D eigenvalue weighted by Gasteiger charge is -2.29. The van der Waals surface area contributed by atoms with Gasteiger partial charge in [0.1, 0.15) is 0 Å². The van der Waals surface area contributed by atoms with Crippen LogP contribution >= 0.6 is 0 Å². The molecule has 0 aliphatic carbocycles. The highest BCUT2D eigenvalue weighted by atomic mass is 16.5. The standard InChI is InChI=1S/C12H19NO3/c1-4-5-8-13-9(2)10(12(15)16-3)6-7-11(13)14/h4-8H2,1-3H3. The van der Waals surface area contributed by atoms with Crippen LogP contribution in [0.3, 0.4) is 0 Å². The molecule has 90 valence electrons. The van der Waals surface area contributed by atoms with E-state index in [9.17, 15) is 9.59 Å². The van der Waals surface area contributed by atoms with Gasteiger partial charge in [0.15, 0.2) is 0 Å². The summed E-state index contributed by atoms with van der Waals surface area (Å²) in [5, 5.41) is 0. The summed E-state index contributed by atoms with van der Waals surface area (Å²) >= 11 is 0. The molecule has 0 fully saturated rings. The molecule has 0 saturated carbocycles. The first-order chi connectivity index (χ1) is 7.61. The number of nitrogens with zero attached hydrogens (tertiary/aromatic N) is 1. The number of carbonyl (C=O) groups is 2. The molecular weight excluding hydrogens is 206 g/mol. The monoisotopic (exact) mass is 225 g/mol. The summed E-state index contributed by atoms with van der Waals surface area (Å²) in [5.41, 5.74) is 1.40. The maximum atomic E-state index is 11.7. The molecule has 0 spiro atoms. The second-order valence-electron chi connectivity index (χ2n) is 3.95. The van der Waals surface area contributed by atoms with E-state index in [4.69, 9.17) is 4.74 Å². The molecule has 0 saturated heterocycles. The van der Waals surface area contributed by atoms with Gasteiger partial charge >= 0.3 is 5.97 Å². The van der Waals surface area contributed by atoms with Crippen LogP contribution in [0.25, 0.3) is 0 Å². The normalized spacial score (nSPS) is 16.7. The minimum Gasteiger partial charge on any atom is -0.466 e. The average Bonchev–Trinajstić information content (AvgIpc) is 2.28. The molecule has 0 atom stereocenters. The fourth-order valence-electron chi connectivity index (χ4n) is 1.88. The summed E-state index contributed by atoms with van der Waals surface area (Å²) in [7, 11) is 1.37. The van der Waals surface area contributed by atoms with Gasteiger partial charge in [-0.1, -0.05) is 13.3 Å². The van der Waals surface area contributed by atoms with E-state index in [-0.39, 0.29) is 11.9 Å². The molecule has 0 radical (unpaired) electrons. The summed E-state index contributed by atoms with van der Waals surface area (Å²) in [6.45, 7) is 4.59. The van der Waals surface area contributed by atoms with Gasteiger partial charge in [0.25, 0.3) is 0 Å². The number of amides is 1. The van der Waals surface area contributed by atoms with Crippen molar-refractivity contribution < 1.29 is 14.3 Å². The Labute approximate surface area is 96.3 Å². The van der Waals surface area contributed by atoms with Crippen LogP contribution in [0.1, 0.15) is 39.5 Å². The van der Waals surface area contributed by atoms with Crippen molar-refractivity contribution in [2.24, 2.45) is 0 Å². The predicted molar refractivity (Wildman–Crippen MR) is 60.6 cm³/mol. The minimum absolute atomic E-state index is 0.110. The quantitative estimate of drug-likeness (QED) is 0.686. The number of rotatable bonds is 4. The number of hydrogen-bond acceptors (Lipinski definition) is 3. The minimum atomic E-state index is -0.313. The lowest BCUT2D eigenvalue weighted by Crippen LogP contribution is -2.35. The molecule has 1 aliphatic rings. The molecule has 16 heavy (non-hydrogen) atoms. The fraction of sp³-hybridized carbons (Fsp3) is 0.667. The van der Waals surface area contributed by atoms with Crippen LogP contribution in [0.5, 0.6) is 0 Å². The molecule has 0 N–H and O–H groups in total. The maximum absolute atomic E-state index is 11.7. The summed E-state index contributed by atoms with van der Waals surface area (Å²) in [4.78, 5) is 24.9. The smallest absolute Gasteiger partial charge is 0.335 e. The number of allylic oxidation sites excluding steroid dienone is 1. The molecule has 0 bridgehead atoms. The van der Waals surface area contributed by atoms with Crippen molar-refractivity contribution in [1.82, 2.24) is 4.90 Å². The molecule has 0 unspecified atom stereocenters. The Morgan fingerprint density at radius 1 is 1.44 bits per heavy atom. The lowest BCUT2D eigenvalue weighted by molar-refractivity contribution is -0.137. The van der Waals surface area contributed by atoms with Gasteiger partial charge in [-0.25, -0.2) is 4.79 Å². The zero-order valence-electron chi connectivity index (χ0n) is 10.2. The molecule has 4 nitrogen and oxygen atoms in total. The van der Waals surface area contributed by atoms with Crippen LogP contribution in [0.2, 0.25) is 0 Å². The molecule has 1 heterocycles. The van der Waals surface area contributed by atoms with E-state index in [1.807, 2.05) is 6.92 Å². The van der Waals surface area contributed by atoms with Crippen molar-refractivity contribution in [1.29, 1.82) is 0 Å². The predicted octanol–water partition coefficient (Wildman–Crippen LogP) is 1.86. The van der Waals surface area contributed by atoms with E-state index in [2.05, 4.69) is 6.92 Å². The molecule has 1 amide bonds. The van der Waals surface area contributed by atoms with Gasteiger partial charge in [0, 0.05) is 18.7 Å². The van der Waals surface area contributed by atoms with Crippen molar-refractivity contribution in [2.45, 2.75) is 39.5 Å². The number of ether oxygens (including phenoxy) is 1. The maximum Gasteiger partial charge on any atom is 0.335 e. The van der Waals surface area contributed by atoms with Gasteiger partial charge in [-0.15, -0.1) is 0 Å². The molecule has 4 heteroatoms. The second-order valence-corrected chi connectivity index (χ2v) is 3.95. The SMILES string of the molecule is CCCCN1C(=O)CCC(C(=O)OC)=C1C. The number of carbonyl (C=O) groups excluding carboxylic acids is 2. The summed E-state index contributed by atoms with van der Waals surface area (Å²) in [6, 6.07) is 0. The highest BCUT2D eigenvalue weighted by Crippen LogP contribution is 2.24. The Kier molecular flexibility index (Phi) is 4.52. The highest BCUT2D eigenvalue weighted by molar-refractivity contribution is 5.93. The summed E-state index contributed by atoms with van der Waals surface area (Å²) in [5.74, 6) is -0.204. The Hall–Kier alpha value is -1.32. The summed E-state index contributed by atoms with van der Waals surface area (Å²) in [6.07, 6.45) is 2.90. The number of methoxy groups -OCH3 is 1. The molecule has 0 aromatic heterocycles. The van der Waals surface area contributed by atoms with E-state index in [0.717, 1.165) is 18.5 Å². The van der Waals surface area contributed by atoms with Crippen LogP contribution in [-0.2, 0) is 14.3 Å². The van der Waals surface area contributed by atoms with E-state index >= 15 is 0 Å². The second kappa shape index (κ2) is 5.68. The fourth-order valence-corrected chi connectivity index (χ4v) is 1.88. The van der Waals surface area contributed by atoms with Crippen molar-refractivity contribution in [3.05, 3.63) is 11.3 Å². The van der Waals surface area contributed by atoms with Gasteiger partial charge in [-0.2, -0.15) is 0 Å². The number of esters is 1. The number of unbranched alkanes of at least 4 members (excludes halogenated alkanes) is 1. The Morgan fingerprint density at radius 2 is 2.12 bits per heavy atom. The van der Waals surface area contributed by atoms with E-state index in [1.165, 1.54) is 7.11 Å². The first-order valence-electron chi connectivity index (χ1n) is 5.70. The van der Waals surface area contributed by atoms with Crippen molar-refractivity contribution in [3.63, 3.8) is 0 Å². The van der Waals surface area contributed by atoms with Gasteiger partial charge in [-0.05, 0) is 19.8 Å². The van der Waals surface area contributed by atoms with Crippen molar-refractivity contribution in [3.8, 4) is 0 Å². The van der Waals surface area contributed by atoms with E-state index in [1.54, 1.807) is 4.90 Å². The Bertz CT molecular complexity index is 320. The third-order valence-corrected chi connectivity index (χ3v) is 2.90. The van der Waals surface area contributed by atoms with Crippen LogP contribution in [-0.4, -0.2) is 30.4 Å². The number of hydrogen-bond donors (Lipinski definition) is 0. The molecular formula is C12H19NO3. The van der Waals surface area contributed by atoms with Gasteiger partial charge in [0.05, 0.1) is 12.7 Å². The van der Waals surface area contributed by atoms with Gasteiger partial charge < -0.3 is 9.64 Å². The summed E-state index contributed by atoms with van der Waals surface area (Å²) < 4.78 is 4.71. The largest absolute Gasteiger partial charge is 0.466 e. The molecule has 0 aromatic carbocycles. The third kappa shape index (κ3) is 2.62. The highest BCUT2D eigenvalue weighted by Gasteiger charge is 2.27. The average molecular weight is 225 g/mol. The van der Waals surface area contributed by atoms with E-state index in [0.29, 0.717) is 25.0 Å². The van der Waals surface area contributed by atoms with Crippen LogP contribution in [0.4, 0.5) is 0 Å². The van der Waals surface area contributed by atoms with Crippen LogP contribution in [0, 0.1) is 0 Å². The molecule has 0 aromatic rings. The van der Waals surface area contributed by atoms with Crippen molar-refractivity contribution in [2.75, 3.05) is 13.7 Å². The van der Waals surface area contributed by atoms with E-state index < -0.39 is 0 Å². The first-order valence-corrected chi connectivity index (χ1v) is 5.70. The van der Waals surface area contributed by atoms with Gasteiger partial charge in [-0.3, -0.25) is 4.79 Å². The molecule has 1 aliphatic heterocycles. The molecule has 1 rings (SSSR count). The Balaban J connectivity index is 2.87. The third-order valence-electron chi connectivity index (χ3n) is 2.90. The van der Waals surface area contributed by atoms with Crippen LogP contribution in [0.15, 0.2) is 11.3 Å². The zero-order valence-corrected chi connectivity index (χ0v) is 10.2. The van der Waals surface area contributed by atoms with Gasteiger partial charge in [0.2, 0.25) is 5.91 Å². The van der Waals surface area contributed by atoms with Crippen LogP contribution < -0.4 is 0 Å². The Morgan fingerprint density at radius 3 is 2.69 bits per heavy atom. The first kappa shape index (κ1) is 12.7. The lowest BCUT2D eigenvalue weighted by atomic mass is 10.0. The zero-order chi connectivity index (χ0) is 12.1.